The Morgan fingerprint density at radius 1 is 1.41 bits per heavy atom. The Kier molecular flexibility index (Phi) is 3.22. The lowest BCUT2D eigenvalue weighted by molar-refractivity contribution is -0.121. The number of carboxylic acids is 1. The van der Waals surface area contributed by atoms with Crippen molar-refractivity contribution in [3.63, 3.8) is 0 Å². The minimum atomic E-state index is -1.01. The molecular formula is C13H15NO3. The number of pyridine rings is 1. The van der Waals surface area contributed by atoms with Crippen LogP contribution >= 0.6 is 0 Å². The molecule has 1 fully saturated rings. The Balaban J connectivity index is 2.45. The van der Waals surface area contributed by atoms with Crippen LogP contribution in [0.5, 0.6) is 0 Å². The van der Waals surface area contributed by atoms with Crippen LogP contribution in [0.4, 0.5) is 0 Å². The molecular weight excluding hydrogens is 218 g/mol. The van der Waals surface area contributed by atoms with Crippen molar-refractivity contribution in [2.45, 2.75) is 38.5 Å². The van der Waals surface area contributed by atoms with Gasteiger partial charge in [-0.3, -0.25) is 9.78 Å². The molecule has 1 unspecified atom stereocenters. The Labute approximate surface area is 99.7 Å². The summed E-state index contributed by atoms with van der Waals surface area (Å²) in [5.74, 6) is -1.21. The van der Waals surface area contributed by atoms with Gasteiger partial charge in [-0.05, 0) is 31.9 Å². The molecule has 1 saturated carbocycles. The first-order chi connectivity index (χ1) is 8.09. The van der Waals surface area contributed by atoms with E-state index < -0.39 is 5.97 Å². The molecule has 2 rings (SSSR count). The van der Waals surface area contributed by atoms with E-state index in [4.69, 9.17) is 5.11 Å². The lowest BCUT2D eigenvalue weighted by atomic mass is 9.83. The molecule has 0 aliphatic heterocycles. The average molecular weight is 233 g/mol. The lowest BCUT2D eigenvalue weighted by Gasteiger charge is -2.21. The smallest absolute Gasteiger partial charge is 0.337 e. The molecule has 4 nitrogen and oxygen atoms in total. The lowest BCUT2D eigenvalue weighted by Crippen LogP contribution is -2.21. The monoisotopic (exact) mass is 233 g/mol. The highest BCUT2D eigenvalue weighted by molar-refractivity contribution is 5.93. The fraction of sp³-hybridized carbons (Fsp3) is 0.462. The third-order valence-electron chi connectivity index (χ3n) is 3.18. The Morgan fingerprint density at radius 2 is 2.18 bits per heavy atom. The van der Waals surface area contributed by atoms with E-state index in [2.05, 4.69) is 4.98 Å². The van der Waals surface area contributed by atoms with Gasteiger partial charge in [0.2, 0.25) is 0 Å². The quantitative estimate of drug-likeness (QED) is 0.851. The third-order valence-corrected chi connectivity index (χ3v) is 3.18. The zero-order chi connectivity index (χ0) is 12.4. The van der Waals surface area contributed by atoms with E-state index >= 15 is 0 Å². The first-order valence-corrected chi connectivity index (χ1v) is 5.83. The van der Waals surface area contributed by atoms with Crippen LogP contribution in [0.3, 0.4) is 0 Å². The van der Waals surface area contributed by atoms with Crippen LogP contribution in [0.15, 0.2) is 12.1 Å². The van der Waals surface area contributed by atoms with Crippen molar-refractivity contribution in [3.8, 4) is 0 Å². The minimum absolute atomic E-state index is 0.122. The summed E-state index contributed by atoms with van der Waals surface area (Å²) >= 11 is 0. The van der Waals surface area contributed by atoms with E-state index in [9.17, 15) is 9.59 Å². The molecule has 17 heavy (non-hydrogen) atoms. The molecule has 1 aromatic heterocycles. The van der Waals surface area contributed by atoms with Crippen molar-refractivity contribution in [1.29, 1.82) is 0 Å². The molecule has 0 spiro atoms. The molecule has 1 atom stereocenters. The van der Waals surface area contributed by atoms with Crippen molar-refractivity contribution in [2.24, 2.45) is 0 Å². The second-order valence-electron chi connectivity index (χ2n) is 4.46. The summed E-state index contributed by atoms with van der Waals surface area (Å²) in [4.78, 5) is 27.2. The molecule has 0 amide bonds. The second-order valence-corrected chi connectivity index (χ2v) is 4.46. The summed E-state index contributed by atoms with van der Waals surface area (Å²) in [7, 11) is 0. The fourth-order valence-electron chi connectivity index (χ4n) is 2.30. The van der Waals surface area contributed by atoms with Crippen molar-refractivity contribution >= 4 is 11.8 Å². The van der Waals surface area contributed by atoms with Gasteiger partial charge < -0.3 is 5.11 Å². The van der Waals surface area contributed by atoms with Gasteiger partial charge in [0.25, 0.3) is 0 Å². The minimum Gasteiger partial charge on any atom is -0.478 e. The number of carboxylic acid groups (broad SMARTS) is 1. The maximum Gasteiger partial charge on any atom is 0.337 e. The van der Waals surface area contributed by atoms with Crippen LogP contribution in [0.1, 0.15) is 53.3 Å². The van der Waals surface area contributed by atoms with Gasteiger partial charge in [-0.15, -0.1) is 0 Å². The van der Waals surface area contributed by atoms with Gasteiger partial charge >= 0.3 is 5.97 Å². The van der Waals surface area contributed by atoms with Crippen molar-refractivity contribution in [1.82, 2.24) is 4.98 Å². The molecule has 0 bridgehead atoms. The first kappa shape index (κ1) is 11.8. The third kappa shape index (κ3) is 2.35. The molecule has 0 saturated heterocycles. The van der Waals surface area contributed by atoms with Crippen molar-refractivity contribution in [3.05, 3.63) is 29.1 Å². The number of hydrogen-bond acceptors (Lipinski definition) is 3. The molecule has 1 heterocycles. The zero-order valence-corrected chi connectivity index (χ0v) is 9.77. The van der Waals surface area contributed by atoms with E-state index in [0.717, 1.165) is 25.0 Å². The molecule has 90 valence electrons. The Hall–Kier alpha value is -1.71. The highest BCUT2D eigenvalue weighted by Crippen LogP contribution is 2.30. The molecule has 4 heteroatoms. The largest absolute Gasteiger partial charge is 0.478 e. The summed E-state index contributed by atoms with van der Waals surface area (Å²) in [5, 5.41) is 9.12. The first-order valence-electron chi connectivity index (χ1n) is 5.83. The van der Waals surface area contributed by atoms with Crippen LogP contribution in [-0.2, 0) is 4.79 Å². The number of hydrogen-bond donors (Lipinski definition) is 1. The molecule has 0 aromatic carbocycles. The number of aryl methyl sites for hydroxylation is 1. The predicted molar refractivity (Wildman–Crippen MR) is 62.1 cm³/mol. The number of carbonyl (C=O) groups excluding carboxylic acids is 1. The summed E-state index contributed by atoms with van der Waals surface area (Å²) in [6.45, 7) is 1.81. The summed E-state index contributed by atoms with van der Waals surface area (Å²) in [6.07, 6.45) is 3.13. The van der Waals surface area contributed by atoms with Crippen LogP contribution < -0.4 is 0 Å². The number of Topliss-reactive ketones (excluding diaryl/α,β-unsaturated/α-hetero) is 1. The fourth-order valence-corrected chi connectivity index (χ4v) is 2.30. The van der Waals surface area contributed by atoms with Crippen LogP contribution in [0, 0.1) is 6.92 Å². The van der Waals surface area contributed by atoms with Gasteiger partial charge in [0, 0.05) is 12.1 Å². The highest BCUT2D eigenvalue weighted by Gasteiger charge is 2.28. The SMILES string of the molecule is Cc1ccc(C(=O)O)c(C2CCCCC2=O)n1. The van der Waals surface area contributed by atoms with E-state index in [1.807, 2.05) is 6.92 Å². The van der Waals surface area contributed by atoms with E-state index in [0.29, 0.717) is 12.1 Å². The van der Waals surface area contributed by atoms with Crippen molar-refractivity contribution in [2.75, 3.05) is 0 Å². The Bertz CT molecular complexity index is 468. The number of ketones is 1. The maximum absolute atomic E-state index is 11.8. The standard InChI is InChI=1S/C13H15NO3/c1-8-6-7-10(13(16)17)12(14-8)9-4-2-3-5-11(9)15/h6-7,9H,2-5H2,1H3,(H,16,17). The van der Waals surface area contributed by atoms with Gasteiger partial charge in [0.1, 0.15) is 5.78 Å². The summed E-state index contributed by atoms with van der Waals surface area (Å²) in [6, 6.07) is 3.21. The van der Waals surface area contributed by atoms with Gasteiger partial charge in [0.05, 0.1) is 17.2 Å². The number of rotatable bonds is 2. The molecule has 0 radical (unpaired) electrons. The second kappa shape index (κ2) is 4.65. The van der Waals surface area contributed by atoms with Gasteiger partial charge in [-0.1, -0.05) is 6.42 Å². The Morgan fingerprint density at radius 3 is 2.82 bits per heavy atom. The molecule has 1 N–H and O–H groups in total. The van der Waals surface area contributed by atoms with Gasteiger partial charge in [0.15, 0.2) is 0 Å². The predicted octanol–water partition coefficient (Wildman–Crippen LogP) is 2.31. The van der Waals surface area contributed by atoms with Crippen molar-refractivity contribution < 1.29 is 14.7 Å². The van der Waals surface area contributed by atoms with E-state index in [1.165, 1.54) is 0 Å². The summed E-state index contributed by atoms with van der Waals surface area (Å²) < 4.78 is 0. The number of aromatic nitrogens is 1. The maximum atomic E-state index is 11.8. The van der Waals surface area contributed by atoms with Crippen LogP contribution in [0.2, 0.25) is 0 Å². The van der Waals surface area contributed by atoms with Crippen LogP contribution in [0.25, 0.3) is 0 Å². The zero-order valence-electron chi connectivity index (χ0n) is 9.77. The van der Waals surface area contributed by atoms with E-state index in [1.54, 1.807) is 12.1 Å². The molecule has 1 aliphatic carbocycles. The number of aromatic carboxylic acids is 1. The summed E-state index contributed by atoms with van der Waals surface area (Å²) in [5.41, 5.74) is 1.36. The van der Waals surface area contributed by atoms with Gasteiger partial charge in [-0.25, -0.2) is 4.79 Å². The molecule has 1 aromatic rings. The topological polar surface area (TPSA) is 67.3 Å². The highest BCUT2D eigenvalue weighted by atomic mass is 16.4. The van der Waals surface area contributed by atoms with Crippen LogP contribution in [-0.4, -0.2) is 21.8 Å². The molecule has 1 aliphatic rings. The average Bonchev–Trinajstić information content (AvgIpc) is 2.29. The van der Waals surface area contributed by atoms with E-state index in [-0.39, 0.29) is 17.3 Å². The number of nitrogens with zero attached hydrogens (tertiary/aromatic N) is 1. The van der Waals surface area contributed by atoms with Gasteiger partial charge in [-0.2, -0.15) is 0 Å². The number of carbonyl (C=O) groups is 2. The normalized spacial score (nSPS) is 20.3.